The molecule has 4 aromatic heterocycles. The van der Waals surface area contributed by atoms with Gasteiger partial charge in [-0.15, -0.1) is 0 Å². The van der Waals surface area contributed by atoms with Gasteiger partial charge < -0.3 is 0 Å². The fourth-order valence-corrected chi connectivity index (χ4v) is 8.16. The summed E-state index contributed by atoms with van der Waals surface area (Å²) in [6.07, 6.45) is 4.45. The van der Waals surface area contributed by atoms with E-state index < -0.39 is 0 Å². The van der Waals surface area contributed by atoms with Gasteiger partial charge in [-0.05, 0) is 107 Å². The molecule has 0 amide bonds. The number of hydrogen-bond acceptors (Lipinski definition) is 8. The molecule has 0 atom stereocenters. The van der Waals surface area contributed by atoms with Gasteiger partial charge in [0.2, 0.25) is 21.7 Å². The summed E-state index contributed by atoms with van der Waals surface area (Å²) in [7, 11) is 0. The second kappa shape index (κ2) is 12.7. The summed E-state index contributed by atoms with van der Waals surface area (Å²) in [6.45, 7) is 8.00. The van der Waals surface area contributed by atoms with E-state index in [0.717, 1.165) is 78.0 Å². The Balaban J connectivity index is 0.000000142. The van der Waals surface area contributed by atoms with Crippen molar-refractivity contribution in [3.05, 3.63) is 136 Å². The molecule has 0 spiro atoms. The molecule has 0 radical (unpaired) electrons. The van der Waals surface area contributed by atoms with E-state index in [4.69, 9.17) is 0 Å². The van der Waals surface area contributed by atoms with Crippen molar-refractivity contribution < 1.29 is 0 Å². The van der Waals surface area contributed by atoms with Crippen molar-refractivity contribution in [2.45, 2.75) is 66.2 Å². The first-order valence-corrected chi connectivity index (χ1v) is 18.8. The van der Waals surface area contributed by atoms with Crippen LogP contribution < -0.4 is 21.7 Å². The molecule has 0 N–H and O–H groups in total. The molecule has 264 valence electrons. The maximum absolute atomic E-state index is 12.9. The molecule has 0 aliphatic heterocycles. The van der Waals surface area contributed by atoms with E-state index in [-0.39, 0.29) is 21.7 Å². The Bertz CT molecular complexity index is 3370. The van der Waals surface area contributed by atoms with Crippen LogP contribution in [0, 0.1) is 0 Å². The van der Waals surface area contributed by atoms with Crippen molar-refractivity contribution in [1.29, 1.82) is 0 Å². The molecule has 0 aliphatic rings. The van der Waals surface area contributed by atoms with Crippen LogP contribution in [0.15, 0.2) is 92.0 Å². The number of aromatic nitrogens is 4. The molecule has 0 unspecified atom stereocenters. The lowest BCUT2D eigenvalue weighted by Gasteiger charge is -2.04. The van der Waals surface area contributed by atoms with Gasteiger partial charge in [0, 0.05) is 10.8 Å². The first-order valence-electron chi connectivity index (χ1n) is 18.8. The predicted octanol–water partition coefficient (Wildman–Crippen LogP) is 8.40. The van der Waals surface area contributed by atoms with Crippen LogP contribution in [0.4, 0.5) is 0 Å². The Morgan fingerprint density at radius 3 is 1.26 bits per heavy atom. The van der Waals surface area contributed by atoms with Crippen LogP contribution in [-0.4, -0.2) is 19.9 Å². The zero-order chi connectivity index (χ0) is 37.4. The highest BCUT2D eigenvalue weighted by Crippen LogP contribution is 2.33. The monoisotopic (exact) mass is 708 g/mol. The first kappa shape index (κ1) is 33.5. The van der Waals surface area contributed by atoms with Gasteiger partial charge in [0.05, 0.1) is 66.4 Å². The number of rotatable bonds is 6. The summed E-state index contributed by atoms with van der Waals surface area (Å²) in [5.74, 6) is 0. The minimum Gasteiger partial charge on any atom is -0.287 e. The fraction of sp³-hybridized carbons (Fsp3) is 0.217. The Morgan fingerprint density at radius 2 is 0.759 bits per heavy atom. The first-order chi connectivity index (χ1) is 26.2. The van der Waals surface area contributed by atoms with Crippen LogP contribution in [0.1, 0.15) is 63.3 Å². The van der Waals surface area contributed by atoms with Crippen molar-refractivity contribution >= 4 is 86.7 Å². The average molecular weight is 709 g/mol. The molecule has 8 nitrogen and oxygen atoms in total. The number of benzene rings is 6. The molecule has 0 bridgehead atoms. The lowest BCUT2D eigenvalue weighted by Crippen LogP contribution is -2.03. The van der Waals surface area contributed by atoms with E-state index in [1.54, 1.807) is 0 Å². The SMILES string of the molecule is CCCc1nc2c(ccc3cc4c(ccc5c(=O)c(CC)nc54)cc32)c1=O.CCCc1nc2ccc3cc4c(ccc5nc(CC)c(=O)c54)cc3c2c1=O. The second-order valence-corrected chi connectivity index (χ2v) is 14.2. The molecule has 0 saturated heterocycles. The smallest absolute Gasteiger partial charge is 0.210 e. The number of nitrogens with zero attached hydrogens (tertiary/aromatic N) is 4. The molecule has 6 aromatic carbocycles. The highest BCUT2D eigenvalue weighted by molar-refractivity contribution is 6.17. The number of aryl methyl sites for hydroxylation is 4. The summed E-state index contributed by atoms with van der Waals surface area (Å²) in [4.78, 5) is 68.8. The second-order valence-electron chi connectivity index (χ2n) is 14.2. The molecule has 10 rings (SSSR count). The summed E-state index contributed by atoms with van der Waals surface area (Å²) < 4.78 is 0. The predicted molar refractivity (Wildman–Crippen MR) is 221 cm³/mol. The van der Waals surface area contributed by atoms with Gasteiger partial charge in [0.25, 0.3) is 0 Å². The molecule has 10 aromatic rings. The van der Waals surface area contributed by atoms with E-state index >= 15 is 0 Å². The van der Waals surface area contributed by atoms with Gasteiger partial charge in [-0.2, -0.15) is 0 Å². The molecule has 0 saturated carbocycles. The van der Waals surface area contributed by atoms with Crippen LogP contribution in [-0.2, 0) is 25.7 Å². The van der Waals surface area contributed by atoms with Crippen molar-refractivity contribution in [1.82, 2.24) is 19.9 Å². The average Bonchev–Trinajstić information content (AvgIpc) is 3.90. The minimum absolute atomic E-state index is 0.0169. The summed E-state index contributed by atoms with van der Waals surface area (Å²) in [5, 5.41) is 10.4. The van der Waals surface area contributed by atoms with E-state index in [0.29, 0.717) is 70.0 Å². The van der Waals surface area contributed by atoms with Crippen LogP contribution >= 0.6 is 0 Å². The maximum Gasteiger partial charge on any atom is 0.210 e. The fourth-order valence-electron chi connectivity index (χ4n) is 8.16. The zero-order valence-electron chi connectivity index (χ0n) is 30.6. The van der Waals surface area contributed by atoms with Crippen LogP contribution in [0.2, 0.25) is 0 Å². The van der Waals surface area contributed by atoms with E-state index in [2.05, 4.69) is 45.9 Å². The van der Waals surface area contributed by atoms with E-state index in [9.17, 15) is 19.2 Å². The summed E-state index contributed by atoms with van der Waals surface area (Å²) in [5.41, 5.74) is 5.69. The summed E-state index contributed by atoms with van der Waals surface area (Å²) >= 11 is 0. The molecular formula is C46H36N4O4. The highest BCUT2D eigenvalue weighted by Gasteiger charge is 2.18. The Kier molecular flexibility index (Phi) is 7.89. The molecule has 0 aliphatic carbocycles. The zero-order valence-corrected chi connectivity index (χ0v) is 30.6. The van der Waals surface area contributed by atoms with Crippen molar-refractivity contribution in [3.8, 4) is 0 Å². The van der Waals surface area contributed by atoms with E-state index in [1.165, 1.54) is 0 Å². The third-order valence-electron chi connectivity index (χ3n) is 10.9. The van der Waals surface area contributed by atoms with Gasteiger partial charge in [0.1, 0.15) is 0 Å². The maximum atomic E-state index is 12.9. The molecular weight excluding hydrogens is 673 g/mol. The van der Waals surface area contributed by atoms with Crippen molar-refractivity contribution in [2.24, 2.45) is 0 Å². The summed E-state index contributed by atoms with van der Waals surface area (Å²) in [6, 6.07) is 23.6. The minimum atomic E-state index is 0.0169. The van der Waals surface area contributed by atoms with Crippen LogP contribution in [0.25, 0.3) is 86.7 Å². The van der Waals surface area contributed by atoms with Crippen molar-refractivity contribution in [2.75, 3.05) is 0 Å². The number of fused-ring (bicyclic) bond motifs is 12. The van der Waals surface area contributed by atoms with Gasteiger partial charge in [-0.3, -0.25) is 19.2 Å². The normalized spacial score (nSPS) is 12.1. The quantitative estimate of drug-likeness (QED) is 0.158. The Morgan fingerprint density at radius 1 is 0.389 bits per heavy atom. The van der Waals surface area contributed by atoms with Gasteiger partial charge in [-0.1, -0.05) is 64.8 Å². The molecule has 0 fully saturated rings. The van der Waals surface area contributed by atoms with Crippen LogP contribution in [0.3, 0.4) is 0 Å². The Labute approximate surface area is 308 Å². The van der Waals surface area contributed by atoms with Gasteiger partial charge in [-0.25, -0.2) is 19.9 Å². The molecule has 54 heavy (non-hydrogen) atoms. The molecule has 4 heterocycles. The topological polar surface area (TPSA) is 120 Å². The lowest BCUT2D eigenvalue weighted by molar-refractivity contribution is 0.889. The Hall–Kier alpha value is -6.28. The third kappa shape index (κ3) is 4.96. The largest absolute Gasteiger partial charge is 0.287 e. The highest BCUT2D eigenvalue weighted by atomic mass is 16.1. The van der Waals surface area contributed by atoms with Gasteiger partial charge >= 0.3 is 0 Å². The van der Waals surface area contributed by atoms with Crippen molar-refractivity contribution in [3.63, 3.8) is 0 Å². The third-order valence-corrected chi connectivity index (χ3v) is 10.9. The van der Waals surface area contributed by atoms with Gasteiger partial charge in [0.15, 0.2) is 0 Å². The van der Waals surface area contributed by atoms with E-state index in [1.807, 2.05) is 74.5 Å². The number of hydrogen-bond donors (Lipinski definition) is 0. The lowest BCUT2D eigenvalue weighted by atomic mass is 9.98. The van der Waals surface area contributed by atoms with Crippen LogP contribution in [0.5, 0.6) is 0 Å². The standard InChI is InChI=1S/2C23H18N2O2/c1-3-5-19-23(27)21-15-11-12-6-8-17-20(22(26)16(4-2)24-17)14(12)10-13(15)7-9-18(21)25-19;1-3-5-19-23(27)15-9-7-13-10-16-12(11-17(13)21(15)25-19)6-8-14-20(16)24-18(4-2)22(14)26/h2*6-11H,3-5H2,1-2H3. The molecule has 8 heteroatoms.